The summed E-state index contributed by atoms with van der Waals surface area (Å²) >= 11 is 0. The highest BCUT2D eigenvalue weighted by molar-refractivity contribution is 5.66. The lowest BCUT2D eigenvalue weighted by molar-refractivity contribution is -0.137. The first-order chi connectivity index (χ1) is 15.7. The summed E-state index contributed by atoms with van der Waals surface area (Å²) in [6.45, 7) is 2.92. The fourth-order valence-corrected chi connectivity index (χ4v) is 4.90. The molecule has 1 saturated carbocycles. The molecule has 0 bridgehead atoms. The van der Waals surface area contributed by atoms with Gasteiger partial charge < -0.3 is 9.84 Å². The van der Waals surface area contributed by atoms with Crippen LogP contribution >= 0.6 is 0 Å². The van der Waals surface area contributed by atoms with E-state index in [0.29, 0.717) is 13.0 Å². The van der Waals surface area contributed by atoms with Crippen LogP contribution in [0.4, 0.5) is 0 Å². The number of aliphatic carboxylic acids is 1. The normalized spacial score (nSPS) is 18.4. The smallest absolute Gasteiger partial charge is 0.303 e. The zero-order valence-corrected chi connectivity index (χ0v) is 19.7. The number of carbonyl (C=O) groups is 1. The van der Waals surface area contributed by atoms with E-state index in [2.05, 4.69) is 43.3 Å². The van der Waals surface area contributed by atoms with Gasteiger partial charge in [-0.25, -0.2) is 0 Å². The van der Waals surface area contributed by atoms with Gasteiger partial charge in [0.2, 0.25) is 0 Å². The monoisotopic (exact) mass is 436 g/mol. The fourth-order valence-electron chi connectivity index (χ4n) is 4.90. The molecule has 0 heterocycles. The van der Waals surface area contributed by atoms with E-state index >= 15 is 0 Å². The van der Waals surface area contributed by atoms with E-state index < -0.39 is 5.97 Å². The van der Waals surface area contributed by atoms with Crippen molar-refractivity contribution in [2.24, 2.45) is 5.92 Å². The molecule has 0 spiro atoms. The molecule has 0 atom stereocenters. The van der Waals surface area contributed by atoms with Crippen LogP contribution in [0.3, 0.4) is 0 Å². The van der Waals surface area contributed by atoms with Crippen molar-refractivity contribution in [1.29, 1.82) is 0 Å². The van der Waals surface area contributed by atoms with E-state index in [1.807, 2.05) is 12.1 Å². The Bertz CT molecular complexity index is 786. The minimum atomic E-state index is -0.722. The average Bonchev–Trinajstić information content (AvgIpc) is 2.82. The number of benzene rings is 2. The number of unbranched alkanes of at least 4 members (excludes halogenated alkanes) is 4. The highest BCUT2D eigenvalue weighted by atomic mass is 16.5. The third-order valence-corrected chi connectivity index (χ3v) is 6.94. The number of hydrogen-bond acceptors (Lipinski definition) is 2. The van der Waals surface area contributed by atoms with Gasteiger partial charge in [0.1, 0.15) is 5.75 Å². The number of carboxylic acids is 1. The first-order valence-corrected chi connectivity index (χ1v) is 12.7. The molecule has 0 saturated heterocycles. The van der Waals surface area contributed by atoms with E-state index in [9.17, 15) is 4.79 Å². The van der Waals surface area contributed by atoms with Crippen molar-refractivity contribution in [2.45, 2.75) is 89.9 Å². The molecular formula is C29H40O3. The lowest BCUT2D eigenvalue weighted by atomic mass is 9.77. The van der Waals surface area contributed by atoms with Crippen molar-refractivity contribution in [3.8, 4) is 16.9 Å². The summed E-state index contributed by atoms with van der Waals surface area (Å²) in [5, 5.41) is 8.66. The van der Waals surface area contributed by atoms with E-state index in [4.69, 9.17) is 9.84 Å². The Labute approximate surface area is 194 Å². The number of rotatable bonds is 13. The predicted octanol–water partition coefficient (Wildman–Crippen LogP) is 8.23. The summed E-state index contributed by atoms with van der Waals surface area (Å²) in [6.07, 6.45) is 13.8. The van der Waals surface area contributed by atoms with Crippen LogP contribution in [-0.4, -0.2) is 17.7 Å². The Morgan fingerprint density at radius 2 is 1.50 bits per heavy atom. The third kappa shape index (κ3) is 8.00. The highest BCUT2D eigenvalue weighted by Gasteiger charge is 2.22. The van der Waals surface area contributed by atoms with Gasteiger partial charge in [0.05, 0.1) is 6.61 Å². The van der Waals surface area contributed by atoms with Gasteiger partial charge in [0, 0.05) is 6.42 Å². The molecule has 1 aliphatic carbocycles. The molecule has 1 aliphatic rings. The predicted molar refractivity (Wildman–Crippen MR) is 132 cm³/mol. The van der Waals surface area contributed by atoms with Crippen LogP contribution in [0.5, 0.6) is 5.75 Å². The standard InChI is InChI=1S/C29H40O3/c1-2-3-5-8-23-10-12-24(13-11-23)25-14-16-26(17-15-25)27-18-20-28(21-19-27)32-22-7-4-6-9-29(30)31/h14-21,23-24H,2-13,22H2,1H3,(H,30,31)/t23-,24-. The largest absolute Gasteiger partial charge is 0.494 e. The molecule has 0 unspecified atom stereocenters. The molecule has 1 fully saturated rings. The fraction of sp³-hybridized carbons (Fsp3) is 0.552. The van der Waals surface area contributed by atoms with Crippen molar-refractivity contribution >= 4 is 5.97 Å². The quantitative estimate of drug-likeness (QED) is 0.322. The Morgan fingerprint density at radius 3 is 2.12 bits per heavy atom. The SMILES string of the molecule is CCCCC[C@H]1CC[C@H](c2ccc(-c3ccc(OCCCCCC(=O)O)cc3)cc2)CC1. The number of ether oxygens (including phenoxy) is 1. The van der Waals surface area contributed by atoms with Gasteiger partial charge in [-0.2, -0.15) is 0 Å². The average molecular weight is 437 g/mol. The summed E-state index contributed by atoms with van der Waals surface area (Å²) in [6, 6.07) is 17.5. The van der Waals surface area contributed by atoms with Gasteiger partial charge in [0.25, 0.3) is 0 Å². The summed E-state index contributed by atoms with van der Waals surface area (Å²) < 4.78 is 5.79. The first-order valence-electron chi connectivity index (χ1n) is 12.7. The van der Waals surface area contributed by atoms with Crippen LogP contribution in [0, 0.1) is 5.92 Å². The Morgan fingerprint density at radius 1 is 0.844 bits per heavy atom. The lowest BCUT2D eigenvalue weighted by Gasteiger charge is -2.29. The van der Waals surface area contributed by atoms with Gasteiger partial charge in [-0.05, 0) is 85.6 Å². The molecule has 3 nitrogen and oxygen atoms in total. The second kappa shape index (κ2) is 13.3. The maximum atomic E-state index is 10.5. The lowest BCUT2D eigenvalue weighted by Crippen LogP contribution is -2.13. The summed E-state index contributed by atoms with van der Waals surface area (Å²) in [5.41, 5.74) is 3.97. The first kappa shape index (κ1) is 24.4. The van der Waals surface area contributed by atoms with E-state index in [0.717, 1.165) is 30.4 Å². The molecule has 2 aromatic carbocycles. The summed E-state index contributed by atoms with van der Waals surface area (Å²) in [5.74, 6) is 1.85. The number of hydrogen-bond donors (Lipinski definition) is 1. The van der Waals surface area contributed by atoms with Crippen LogP contribution in [0.15, 0.2) is 48.5 Å². The maximum Gasteiger partial charge on any atom is 0.303 e. The van der Waals surface area contributed by atoms with Gasteiger partial charge >= 0.3 is 5.97 Å². The van der Waals surface area contributed by atoms with Crippen LogP contribution in [-0.2, 0) is 4.79 Å². The molecule has 174 valence electrons. The topological polar surface area (TPSA) is 46.5 Å². The molecule has 0 aliphatic heterocycles. The van der Waals surface area contributed by atoms with Gasteiger partial charge in [0.15, 0.2) is 0 Å². The molecule has 1 N–H and O–H groups in total. The summed E-state index contributed by atoms with van der Waals surface area (Å²) in [7, 11) is 0. The summed E-state index contributed by atoms with van der Waals surface area (Å²) in [4.78, 5) is 10.5. The molecule has 3 rings (SSSR count). The van der Waals surface area contributed by atoms with Crippen LogP contribution in [0.1, 0.15) is 95.5 Å². The molecule has 3 heteroatoms. The van der Waals surface area contributed by atoms with Crippen molar-refractivity contribution in [2.75, 3.05) is 6.61 Å². The van der Waals surface area contributed by atoms with Crippen molar-refractivity contribution in [3.63, 3.8) is 0 Å². The molecule has 32 heavy (non-hydrogen) atoms. The second-order valence-electron chi connectivity index (χ2n) is 9.41. The van der Waals surface area contributed by atoms with Crippen LogP contribution < -0.4 is 4.74 Å². The molecule has 2 aromatic rings. The van der Waals surface area contributed by atoms with Crippen molar-refractivity contribution in [1.82, 2.24) is 0 Å². The minimum Gasteiger partial charge on any atom is -0.494 e. The maximum absolute atomic E-state index is 10.5. The van der Waals surface area contributed by atoms with E-state index in [1.54, 1.807) is 0 Å². The van der Waals surface area contributed by atoms with E-state index in [-0.39, 0.29) is 6.42 Å². The van der Waals surface area contributed by atoms with Gasteiger partial charge in [-0.3, -0.25) is 4.79 Å². The van der Waals surface area contributed by atoms with Gasteiger partial charge in [-0.1, -0.05) is 69.0 Å². The molecule has 0 aromatic heterocycles. The minimum absolute atomic E-state index is 0.244. The molecule has 0 radical (unpaired) electrons. The zero-order valence-electron chi connectivity index (χ0n) is 19.7. The van der Waals surface area contributed by atoms with Crippen molar-refractivity contribution < 1.29 is 14.6 Å². The second-order valence-corrected chi connectivity index (χ2v) is 9.41. The Hall–Kier alpha value is -2.29. The van der Waals surface area contributed by atoms with Gasteiger partial charge in [-0.15, -0.1) is 0 Å². The zero-order chi connectivity index (χ0) is 22.6. The van der Waals surface area contributed by atoms with Crippen LogP contribution in [0.2, 0.25) is 0 Å². The highest BCUT2D eigenvalue weighted by Crippen LogP contribution is 2.38. The van der Waals surface area contributed by atoms with E-state index in [1.165, 1.54) is 68.1 Å². The Balaban J connectivity index is 1.42. The Kier molecular flexibility index (Phi) is 10.1. The molecular weight excluding hydrogens is 396 g/mol. The molecule has 0 amide bonds. The number of carboxylic acid groups (broad SMARTS) is 1. The third-order valence-electron chi connectivity index (χ3n) is 6.94. The van der Waals surface area contributed by atoms with Crippen molar-refractivity contribution in [3.05, 3.63) is 54.1 Å². The van der Waals surface area contributed by atoms with Crippen LogP contribution in [0.25, 0.3) is 11.1 Å².